The lowest BCUT2D eigenvalue weighted by Crippen LogP contribution is -2.59. The van der Waals surface area contributed by atoms with Crippen molar-refractivity contribution in [3.05, 3.63) is 56.1 Å². The van der Waals surface area contributed by atoms with Crippen molar-refractivity contribution in [2.75, 3.05) is 6.61 Å². The number of H-pyrrole nitrogens is 1. The minimum atomic E-state index is -5.25. The average molecular weight is 592 g/mol. The predicted octanol–water partition coefficient (Wildman–Crippen LogP) is 4.51. The number of carbonyl (C=O) groups excluding carboxylic acids is 1. The number of alkyl halides is 6. The van der Waals surface area contributed by atoms with Crippen LogP contribution in [0.15, 0.2) is 29.2 Å². The van der Waals surface area contributed by atoms with Crippen LogP contribution >= 0.6 is 11.3 Å². The molecule has 2 aliphatic rings. The highest BCUT2D eigenvalue weighted by Crippen LogP contribution is 2.51. The molecular formula is C23H19F7N6O3S. The Hall–Kier alpha value is -3.76. The first-order chi connectivity index (χ1) is 18.8. The molecule has 40 heavy (non-hydrogen) atoms. The van der Waals surface area contributed by atoms with Crippen LogP contribution in [0.2, 0.25) is 0 Å². The first-order valence-electron chi connectivity index (χ1n) is 11.9. The summed E-state index contributed by atoms with van der Waals surface area (Å²) in [6, 6.07) is 2.34. The van der Waals surface area contributed by atoms with E-state index in [9.17, 15) is 35.9 Å². The number of aromatic amines is 1. The minimum absolute atomic E-state index is 0.0281. The van der Waals surface area contributed by atoms with Gasteiger partial charge in [0.25, 0.3) is 5.91 Å². The van der Waals surface area contributed by atoms with Gasteiger partial charge in [-0.05, 0) is 47.7 Å². The molecule has 3 heterocycles. The van der Waals surface area contributed by atoms with E-state index in [1.165, 1.54) is 6.20 Å². The Morgan fingerprint density at radius 3 is 2.50 bits per heavy atom. The molecule has 1 saturated carbocycles. The molecule has 1 aliphatic carbocycles. The van der Waals surface area contributed by atoms with Crippen LogP contribution in [0.25, 0.3) is 11.3 Å². The van der Waals surface area contributed by atoms with E-state index >= 15 is 4.39 Å². The number of nitrogens with one attached hydrogen (secondary N) is 2. The van der Waals surface area contributed by atoms with Crippen molar-refractivity contribution in [3.63, 3.8) is 0 Å². The zero-order valence-corrected chi connectivity index (χ0v) is 21.0. The molecule has 1 atom stereocenters. The van der Waals surface area contributed by atoms with Gasteiger partial charge in [0.1, 0.15) is 22.3 Å². The SMILES string of the molecule is O=C1N[C@@](c2ccc(OCCCC(F)(F)F)cc2F)(C(F)(F)F)CC(c2ncc(C3CC3)s2)=C1n1nn[nH]c1=O. The number of rotatable bonds is 8. The van der Waals surface area contributed by atoms with Crippen molar-refractivity contribution in [1.29, 1.82) is 0 Å². The quantitative estimate of drug-likeness (QED) is 0.294. The van der Waals surface area contributed by atoms with Crippen molar-refractivity contribution in [1.82, 2.24) is 30.5 Å². The van der Waals surface area contributed by atoms with Gasteiger partial charge in [-0.25, -0.2) is 19.3 Å². The van der Waals surface area contributed by atoms with Gasteiger partial charge in [0, 0.05) is 41.1 Å². The molecule has 1 aliphatic heterocycles. The summed E-state index contributed by atoms with van der Waals surface area (Å²) in [5, 5.41) is 10.6. The lowest BCUT2D eigenvalue weighted by Gasteiger charge is -2.40. The maximum absolute atomic E-state index is 15.3. The van der Waals surface area contributed by atoms with Crippen molar-refractivity contribution in [2.24, 2.45) is 0 Å². The van der Waals surface area contributed by atoms with E-state index in [4.69, 9.17) is 4.74 Å². The number of hydrogen-bond acceptors (Lipinski definition) is 7. The van der Waals surface area contributed by atoms with Crippen LogP contribution in [0.5, 0.6) is 5.75 Å². The number of carbonyl (C=O) groups is 1. The number of halogens is 7. The molecule has 0 spiro atoms. The molecule has 9 nitrogen and oxygen atoms in total. The van der Waals surface area contributed by atoms with Gasteiger partial charge in [0.2, 0.25) is 0 Å². The molecule has 2 aromatic heterocycles. The van der Waals surface area contributed by atoms with Gasteiger partial charge < -0.3 is 10.1 Å². The Morgan fingerprint density at radius 2 is 1.90 bits per heavy atom. The standard InChI is InChI=1S/C23H19F7N6O3S/c24-15-8-12(39-7-1-6-22(25,26)27)4-5-14(15)21(23(28,29)30)9-13(19-31-10-16(40-19)11-2-3-11)17(18(37)32-21)36-20(38)33-34-35-36/h4-5,8,10-11H,1-3,6-7,9H2,(H,32,37)(H,33,35,38)/t21-/m0/s1. The Balaban J connectivity index is 1.55. The van der Waals surface area contributed by atoms with Gasteiger partial charge >= 0.3 is 18.0 Å². The second-order valence-corrected chi connectivity index (χ2v) is 10.4. The van der Waals surface area contributed by atoms with Gasteiger partial charge in [-0.1, -0.05) is 0 Å². The molecule has 3 aromatic rings. The molecule has 214 valence electrons. The maximum atomic E-state index is 15.3. The first-order valence-corrected chi connectivity index (χ1v) is 12.7. The van der Waals surface area contributed by atoms with Crippen molar-refractivity contribution >= 4 is 28.5 Å². The topological polar surface area (TPSA) is 115 Å². The molecular weight excluding hydrogens is 573 g/mol. The number of benzene rings is 1. The predicted molar refractivity (Wildman–Crippen MR) is 126 cm³/mol. The monoisotopic (exact) mass is 592 g/mol. The lowest BCUT2D eigenvalue weighted by atomic mass is 9.79. The van der Waals surface area contributed by atoms with Crippen molar-refractivity contribution in [3.8, 4) is 5.75 Å². The molecule has 0 unspecified atom stereocenters. The summed E-state index contributed by atoms with van der Waals surface area (Å²) in [7, 11) is 0. The number of amides is 1. The smallest absolute Gasteiger partial charge is 0.416 e. The minimum Gasteiger partial charge on any atom is -0.493 e. The van der Waals surface area contributed by atoms with Gasteiger partial charge in [-0.15, -0.1) is 11.3 Å². The van der Waals surface area contributed by atoms with E-state index in [0.717, 1.165) is 41.2 Å². The second kappa shape index (κ2) is 10.0. The molecule has 5 rings (SSSR count). The average Bonchev–Trinajstić information content (AvgIpc) is 3.44. The third kappa shape index (κ3) is 5.33. The molecule has 0 radical (unpaired) electrons. The van der Waals surface area contributed by atoms with Gasteiger partial charge in [0.05, 0.1) is 6.61 Å². The Morgan fingerprint density at radius 1 is 1.15 bits per heavy atom. The molecule has 0 bridgehead atoms. The van der Waals surface area contributed by atoms with Gasteiger partial charge in [-0.3, -0.25) is 4.79 Å². The summed E-state index contributed by atoms with van der Waals surface area (Å²) in [5.41, 5.74) is -6.07. The van der Waals surface area contributed by atoms with E-state index in [1.807, 2.05) is 10.4 Å². The van der Waals surface area contributed by atoms with Crippen LogP contribution in [0.3, 0.4) is 0 Å². The fourth-order valence-electron chi connectivity index (χ4n) is 4.39. The number of thiazole rings is 1. The highest BCUT2D eigenvalue weighted by Gasteiger charge is 2.61. The number of ether oxygens (including phenoxy) is 1. The van der Waals surface area contributed by atoms with Crippen LogP contribution in [-0.2, 0) is 10.3 Å². The number of tetrazole rings is 1. The van der Waals surface area contributed by atoms with E-state index in [0.29, 0.717) is 10.7 Å². The van der Waals surface area contributed by atoms with Gasteiger partial charge in [-0.2, -0.15) is 31.0 Å². The first kappa shape index (κ1) is 27.8. The van der Waals surface area contributed by atoms with E-state index in [-0.39, 0.29) is 22.2 Å². The molecule has 1 fully saturated rings. The zero-order valence-electron chi connectivity index (χ0n) is 20.2. The van der Waals surface area contributed by atoms with Crippen LogP contribution in [0.4, 0.5) is 30.7 Å². The molecule has 0 saturated heterocycles. The normalized spacial score (nSPS) is 20.1. The maximum Gasteiger partial charge on any atom is 0.416 e. The lowest BCUT2D eigenvalue weighted by molar-refractivity contribution is -0.202. The van der Waals surface area contributed by atoms with Crippen LogP contribution in [0, 0.1) is 5.82 Å². The van der Waals surface area contributed by atoms with Crippen LogP contribution < -0.4 is 15.7 Å². The van der Waals surface area contributed by atoms with E-state index < -0.39 is 72.4 Å². The van der Waals surface area contributed by atoms with Crippen molar-refractivity contribution < 1.29 is 40.3 Å². The van der Waals surface area contributed by atoms with E-state index in [1.54, 1.807) is 0 Å². The largest absolute Gasteiger partial charge is 0.493 e. The summed E-state index contributed by atoms with van der Waals surface area (Å²) in [4.78, 5) is 30.5. The molecule has 2 N–H and O–H groups in total. The highest BCUT2D eigenvalue weighted by atomic mass is 32.1. The Labute approximate surface area is 224 Å². The number of aromatic nitrogens is 5. The van der Waals surface area contributed by atoms with Crippen molar-refractivity contribution in [2.45, 2.75) is 55.9 Å². The highest BCUT2D eigenvalue weighted by molar-refractivity contribution is 7.13. The van der Waals surface area contributed by atoms with Gasteiger partial charge in [0.15, 0.2) is 5.54 Å². The summed E-state index contributed by atoms with van der Waals surface area (Å²) < 4.78 is 102. The molecule has 1 aromatic carbocycles. The molecule has 17 heteroatoms. The number of nitrogens with zero attached hydrogens (tertiary/aromatic N) is 4. The zero-order chi connectivity index (χ0) is 28.9. The Kier molecular flexibility index (Phi) is 6.96. The summed E-state index contributed by atoms with van der Waals surface area (Å²) >= 11 is 1.06. The van der Waals surface area contributed by atoms with Crippen LogP contribution in [-0.4, -0.2) is 50.1 Å². The Bertz CT molecular complexity index is 1520. The summed E-state index contributed by atoms with van der Waals surface area (Å²) in [5.74, 6) is -2.88. The fraction of sp³-hybridized carbons (Fsp3) is 0.435. The fourth-order valence-corrected chi connectivity index (χ4v) is 5.52. The van der Waals surface area contributed by atoms with Crippen LogP contribution in [0.1, 0.15) is 53.5 Å². The van der Waals surface area contributed by atoms with E-state index in [2.05, 4.69) is 15.4 Å². The second-order valence-electron chi connectivity index (χ2n) is 9.33. The third-order valence-corrected chi connectivity index (χ3v) is 7.69. The summed E-state index contributed by atoms with van der Waals surface area (Å²) in [6.07, 6.45) is -9.07. The molecule has 1 amide bonds. The third-order valence-electron chi connectivity index (χ3n) is 6.47. The number of hydrogen-bond donors (Lipinski definition) is 2. The summed E-state index contributed by atoms with van der Waals surface area (Å²) in [6.45, 7) is -0.449.